The van der Waals surface area contributed by atoms with Crippen LogP contribution in [0.3, 0.4) is 0 Å². The van der Waals surface area contributed by atoms with Gasteiger partial charge in [-0.15, -0.1) is 0 Å². The standard InChI is InChI=1S/C16H17NO/c1-11-4-6-12(7-5-11)13-8-14-15(18-10-17-14)16(2,3)9-13/h4-8,10H,9H2,1-3H3. The van der Waals surface area contributed by atoms with E-state index in [-0.39, 0.29) is 5.41 Å². The first kappa shape index (κ1) is 11.3. The third-order valence-corrected chi connectivity index (χ3v) is 3.58. The van der Waals surface area contributed by atoms with Crippen LogP contribution in [0.2, 0.25) is 0 Å². The molecule has 1 aliphatic carbocycles. The van der Waals surface area contributed by atoms with E-state index in [0.717, 1.165) is 17.9 Å². The molecule has 0 bridgehead atoms. The average molecular weight is 239 g/mol. The molecule has 0 unspecified atom stereocenters. The van der Waals surface area contributed by atoms with Gasteiger partial charge in [-0.25, -0.2) is 4.98 Å². The molecule has 0 radical (unpaired) electrons. The summed E-state index contributed by atoms with van der Waals surface area (Å²) in [6.45, 7) is 6.52. The lowest BCUT2D eigenvalue weighted by molar-refractivity contribution is 0.386. The van der Waals surface area contributed by atoms with Crippen LogP contribution in [-0.2, 0) is 5.41 Å². The highest BCUT2D eigenvalue weighted by molar-refractivity contribution is 5.84. The lowest BCUT2D eigenvalue weighted by atomic mass is 9.76. The molecule has 92 valence electrons. The second-order valence-corrected chi connectivity index (χ2v) is 5.66. The highest BCUT2D eigenvalue weighted by atomic mass is 16.3. The van der Waals surface area contributed by atoms with E-state index < -0.39 is 0 Å². The average Bonchev–Trinajstić information content (AvgIpc) is 2.78. The van der Waals surface area contributed by atoms with E-state index in [0.29, 0.717) is 0 Å². The minimum Gasteiger partial charge on any atom is -0.447 e. The number of hydrogen-bond acceptors (Lipinski definition) is 2. The molecule has 0 fully saturated rings. The van der Waals surface area contributed by atoms with E-state index in [2.05, 4.69) is 56.1 Å². The molecule has 0 aliphatic heterocycles. The van der Waals surface area contributed by atoms with E-state index in [1.165, 1.54) is 16.7 Å². The molecule has 0 saturated heterocycles. The topological polar surface area (TPSA) is 26.0 Å². The van der Waals surface area contributed by atoms with Gasteiger partial charge in [-0.3, -0.25) is 0 Å². The summed E-state index contributed by atoms with van der Waals surface area (Å²) in [5, 5.41) is 0. The Morgan fingerprint density at radius 1 is 1.17 bits per heavy atom. The molecule has 1 aromatic heterocycles. The Kier molecular flexibility index (Phi) is 2.40. The minimum absolute atomic E-state index is 0.0147. The molecule has 0 spiro atoms. The molecule has 1 aliphatic rings. The molecule has 1 heterocycles. The van der Waals surface area contributed by atoms with Gasteiger partial charge in [-0.2, -0.15) is 0 Å². The number of allylic oxidation sites excluding steroid dienone is 1. The smallest absolute Gasteiger partial charge is 0.181 e. The Labute approximate surface area is 107 Å². The maximum absolute atomic E-state index is 5.52. The van der Waals surface area contributed by atoms with Crippen LogP contribution >= 0.6 is 0 Å². The number of hydrogen-bond donors (Lipinski definition) is 0. The van der Waals surface area contributed by atoms with E-state index in [9.17, 15) is 0 Å². The van der Waals surface area contributed by atoms with E-state index in [1.807, 2.05) is 0 Å². The predicted molar refractivity (Wildman–Crippen MR) is 73.2 cm³/mol. The second-order valence-electron chi connectivity index (χ2n) is 5.66. The van der Waals surface area contributed by atoms with Crippen LogP contribution < -0.4 is 0 Å². The largest absolute Gasteiger partial charge is 0.447 e. The van der Waals surface area contributed by atoms with Crippen LogP contribution in [0.5, 0.6) is 0 Å². The maximum atomic E-state index is 5.52. The van der Waals surface area contributed by atoms with E-state index >= 15 is 0 Å². The molecule has 2 nitrogen and oxygen atoms in total. The normalized spacial score (nSPS) is 17.2. The van der Waals surface area contributed by atoms with Crippen molar-refractivity contribution < 1.29 is 4.42 Å². The molecular formula is C16H17NO. The molecule has 18 heavy (non-hydrogen) atoms. The van der Waals surface area contributed by atoms with Crippen LogP contribution in [0.1, 0.15) is 42.8 Å². The zero-order valence-electron chi connectivity index (χ0n) is 11.0. The SMILES string of the molecule is Cc1ccc(C2=Cc3ncoc3C(C)(C)C2)cc1. The Balaban J connectivity index is 2.08. The fourth-order valence-electron chi connectivity index (χ4n) is 2.59. The first-order valence-corrected chi connectivity index (χ1v) is 6.28. The summed E-state index contributed by atoms with van der Waals surface area (Å²) in [4.78, 5) is 4.30. The van der Waals surface area contributed by atoms with Gasteiger partial charge in [-0.1, -0.05) is 43.7 Å². The Bertz CT molecular complexity index is 602. The van der Waals surface area contributed by atoms with Crippen LogP contribution in [0, 0.1) is 6.92 Å². The summed E-state index contributed by atoms with van der Waals surface area (Å²) in [5.41, 5.74) is 4.89. The van der Waals surface area contributed by atoms with Crippen molar-refractivity contribution >= 4 is 11.6 Å². The Morgan fingerprint density at radius 3 is 2.61 bits per heavy atom. The summed E-state index contributed by atoms with van der Waals surface area (Å²) in [6.07, 6.45) is 4.67. The van der Waals surface area contributed by atoms with Gasteiger partial charge in [0, 0.05) is 5.41 Å². The second kappa shape index (κ2) is 3.84. The van der Waals surface area contributed by atoms with Crippen LogP contribution in [0.25, 0.3) is 11.6 Å². The summed E-state index contributed by atoms with van der Waals surface area (Å²) in [5.74, 6) is 0.998. The molecule has 3 rings (SSSR count). The molecule has 2 aromatic rings. The molecule has 0 saturated carbocycles. The lowest BCUT2D eigenvalue weighted by Gasteiger charge is -2.28. The highest BCUT2D eigenvalue weighted by Gasteiger charge is 2.32. The molecule has 0 amide bonds. The van der Waals surface area contributed by atoms with Gasteiger partial charge < -0.3 is 4.42 Å². The van der Waals surface area contributed by atoms with E-state index in [4.69, 9.17) is 4.42 Å². The van der Waals surface area contributed by atoms with Crippen molar-refractivity contribution in [2.45, 2.75) is 32.6 Å². The third kappa shape index (κ3) is 1.78. The third-order valence-electron chi connectivity index (χ3n) is 3.58. The number of fused-ring (bicyclic) bond motifs is 1. The number of aromatic nitrogens is 1. The minimum atomic E-state index is 0.0147. The van der Waals surface area contributed by atoms with Gasteiger partial charge in [0.1, 0.15) is 11.5 Å². The zero-order valence-corrected chi connectivity index (χ0v) is 11.0. The zero-order chi connectivity index (χ0) is 12.8. The van der Waals surface area contributed by atoms with Crippen molar-refractivity contribution in [2.24, 2.45) is 0 Å². The van der Waals surface area contributed by atoms with Gasteiger partial charge in [0.15, 0.2) is 6.39 Å². The summed E-state index contributed by atoms with van der Waals surface area (Å²) < 4.78 is 5.52. The first-order valence-electron chi connectivity index (χ1n) is 6.28. The van der Waals surface area contributed by atoms with Crippen LogP contribution in [0.4, 0.5) is 0 Å². The van der Waals surface area contributed by atoms with Crippen molar-refractivity contribution in [3.05, 3.63) is 53.2 Å². The molecule has 0 N–H and O–H groups in total. The van der Waals surface area contributed by atoms with Gasteiger partial charge in [0.05, 0.1) is 0 Å². The summed E-state index contributed by atoms with van der Waals surface area (Å²) in [6, 6.07) is 8.67. The van der Waals surface area contributed by atoms with Crippen molar-refractivity contribution in [2.75, 3.05) is 0 Å². The fourth-order valence-corrected chi connectivity index (χ4v) is 2.59. The Hall–Kier alpha value is -1.83. The van der Waals surface area contributed by atoms with Crippen LogP contribution in [0.15, 0.2) is 35.1 Å². The number of aryl methyl sites for hydroxylation is 1. The van der Waals surface area contributed by atoms with Crippen molar-refractivity contribution in [1.29, 1.82) is 0 Å². The summed E-state index contributed by atoms with van der Waals surface area (Å²) >= 11 is 0. The maximum Gasteiger partial charge on any atom is 0.181 e. The predicted octanol–water partition coefficient (Wildman–Crippen LogP) is 4.20. The number of nitrogens with zero attached hydrogens (tertiary/aromatic N) is 1. The monoisotopic (exact) mass is 239 g/mol. The van der Waals surface area contributed by atoms with Crippen molar-refractivity contribution in [1.82, 2.24) is 4.98 Å². The molecular weight excluding hydrogens is 222 g/mol. The van der Waals surface area contributed by atoms with Crippen molar-refractivity contribution in [3.8, 4) is 0 Å². The lowest BCUT2D eigenvalue weighted by Crippen LogP contribution is -2.21. The highest BCUT2D eigenvalue weighted by Crippen LogP contribution is 2.41. The quantitative estimate of drug-likeness (QED) is 0.745. The first-order chi connectivity index (χ1) is 8.56. The van der Waals surface area contributed by atoms with E-state index in [1.54, 1.807) is 6.39 Å². The molecule has 0 atom stereocenters. The van der Waals surface area contributed by atoms with Gasteiger partial charge >= 0.3 is 0 Å². The van der Waals surface area contributed by atoms with Gasteiger partial charge in [0.25, 0.3) is 0 Å². The number of oxazole rings is 1. The summed E-state index contributed by atoms with van der Waals surface area (Å²) in [7, 11) is 0. The van der Waals surface area contributed by atoms with Gasteiger partial charge in [0.2, 0.25) is 0 Å². The fraction of sp³-hybridized carbons (Fsp3) is 0.312. The molecule has 2 heteroatoms. The number of benzene rings is 1. The number of rotatable bonds is 1. The van der Waals surface area contributed by atoms with Crippen molar-refractivity contribution in [3.63, 3.8) is 0 Å². The van der Waals surface area contributed by atoms with Gasteiger partial charge in [-0.05, 0) is 30.6 Å². The van der Waals surface area contributed by atoms with Crippen LogP contribution in [-0.4, -0.2) is 4.98 Å². The Morgan fingerprint density at radius 2 is 1.89 bits per heavy atom. The molecule has 1 aromatic carbocycles.